The predicted octanol–water partition coefficient (Wildman–Crippen LogP) is 3.48. The summed E-state index contributed by atoms with van der Waals surface area (Å²) in [6.07, 6.45) is 1.73. The molecule has 6 heteroatoms. The van der Waals surface area contributed by atoms with Crippen molar-refractivity contribution in [3.05, 3.63) is 83.9 Å². The Hall–Kier alpha value is -3.54. The van der Waals surface area contributed by atoms with E-state index in [4.69, 9.17) is 4.74 Å². The van der Waals surface area contributed by atoms with Gasteiger partial charge in [0.1, 0.15) is 6.61 Å². The molecule has 0 aliphatic carbocycles. The van der Waals surface area contributed by atoms with Crippen LogP contribution in [0.3, 0.4) is 0 Å². The first-order chi connectivity index (χ1) is 12.7. The van der Waals surface area contributed by atoms with E-state index in [1.807, 2.05) is 61.5 Å². The molecule has 0 spiro atoms. The van der Waals surface area contributed by atoms with Crippen LogP contribution in [0.2, 0.25) is 0 Å². The van der Waals surface area contributed by atoms with Crippen LogP contribution in [-0.4, -0.2) is 25.7 Å². The Morgan fingerprint density at radius 2 is 1.65 bits per heavy atom. The summed E-state index contributed by atoms with van der Waals surface area (Å²) >= 11 is 0. The third-order valence-electron chi connectivity index (χ3n) is 4.00. The number of aryl methyl sites for hydroxylation is 1. The molecule has 2 aromatic heterocycles. The number of nitrogens with zero attached hydrogens (tertiary/aromatic N) is 4. The van der Waals surface area contributed by atoms with Crippen LogP contribution in [0.15, 0.2) is 66.9 Å². The van der Waals surface area contributed by atoms with E-state index >= 15 is 0 Å². The molecule has 2 heterocycles. The fourth-order valence-electron chi connectivity index (χ4n) is 2.63. The molecule has 0 fully saturated rings. The van der Waals surface area contributed by atoms with Gasteiger partial charge in [0.2, 0.25) is 0 Å². The first kappa shape index (κ1) is 16.0. The molecule has 0 atom stereocenters. The molecule has 2 aromatic carbocycles. The number of ether oxygens (including phenoxy) is 1. The second kappa shape index (κ2) is 6.76. The number of hydrogen-bond donors (Lipinski definition) is 0. The molecule has 0 amide bonds. The van der Waals surface area contributed by atoms with Gasteiger partial charge in [-0.15, -0.1) is 0 Å². The van der Waals surface area contributed by atoms with Gasteiger partial charge in [-0.25, -0.2) is 19.4 Å². The first-order valence-corrected chi connectivity index (χ1v) is 8.21. The highest BCUT2D eigenvalue weighted by atomic mass is 16.5. The van der Waals surface area contributed by atoms with Crippen LogP contribution in [0.4, 0.5) is 0 Å². The lowest BCUT2D eigenvalue weighted by atomic mass is 10.2. The highest BCUT2D eigenvalue weighted by Crippen LogP contribution is 2.14. The maximum Gasteiger partial charge on any atom is 0.359 e. The number of benzene rings is 2. The molecular weight excluding hydrogens is 328 g/mol. The lowest BCUT2D eigenvalue weighted by molar-refractivity contribution is 0.0459. The minimum atomic E-state index is -0.492. The number of fused-ring (bicyclic) bond motifs is 1. The smallest absolute Gasteiger partial charge is 0.359 e. The van der Waals surface area contributed by atoms with Gasteiger partial charge < -0.3 is 4.74 Å². The Kier molecular flexibility index (Phi) is 4.15. The molecule has 128 valence electrons. The average Bonchev–Trinajstić information content (AvgIpc) is 3.17. The average molecular weight is 344 g/mol. The maximum absolute atomic E-state index is 12.3. The minimum Gasteiger partial charge on any atom is -0.454 e. The van der Waals surface area contributed by atoms with E-state index in [-0.39, 0.29) is 12.3 Å². The van der Waals surface area contributed by atoms with E-state index in [1.54, 1.807) is 16.9 Å². The van der Waals surface area contributed by atoms with Crippen molar-refractivity contribution < 1.29 is 9.53 Å². The van der Waals surface area contributed by atoms with Crippen molar-refractivity contribution in [3.63, 3.8) is 0 Å². The predicted molar refractivity (Wildman–Crippen MR) is 97.0 cm³/mol. The van der Waals surface area contributed by atoms with Crippen LogP contribution in [0.25, 0.3) is 16.7 Å². The summed E-state index contributed by atoms with van der Waals surface area (Å²) < 4.78 is 7.01. The largest absolute Gasteiger partial charge is 0.454 e. The van der Waals surface area contributed by atoms with E-state index < -0.39 is 5.97 Å². The zero-order valence-electron chi connectivity index (χ0n) is 14.2. The van der Waals surface area contributed by atoms with Gasteiger partial charge in [0.25, 0.3) is 0 Å². The Labute approximate surface area is 150 Å². The van der Waals surface area contributed by atoms with E-state index in [0.29, 0.717) is 5.69 Å². The Bertz CT molecular complexity index is 1070. The van der Waals surface area contributed by atoms with Gasteiger partial charge in [0, 0.05) is 6.20 Å². The molecule has 0 aliphatic heterocycles. The summed E-state index contributed by atoms with van der Waals surface area (Å²) in [7, 11) is 0. The van der Waals surface area contributed by atoms with Crippen LogP contribution in [0.5, 0.6) is 0 Å². The fraction of sp³-hybridized carbons (Fsp3) is 0.100. The van der Waals surface area contributed by atoms with E-state index in [0.717, 1.165) is 22.4 Å². The molecule has 0 unspecified atom stereocenters. The summed E-state index contributed by atoms with van der Waals surface area (Å²) in [4.78, 5) is 21.3. The first-order valence-electron chi connectivity index (χ1n) is 8.21. The standard InChI is InChI=1S/C20H16N4O2/c1-14-19(22-17-10-6-5-9-16(17)21-14)13-26-20(25)18-11-12-24(23-18)15-7-3-2-4-8-15/h2-12H,13H2,1H3. The number of carbonyl (C=O) groups excluding carboxylic acids is 1. The number of hydrogen-bond acceptors (Lipinski definition) is 5. The SMILES string of the molecule is Cc1nc2ccccc2nc1COC(=O)c1ccn(-c2ccccc2)n1. The highest BCUT2D eigenvalue weighted by Gasteiger charge is 2.14. The second-order valence-corrected chi connectivity index (χ2v) is 5.80. The molecule has 0 saturated carbocycles. The van der Waals surface area contributed by atoms with Crippen molar-refractivity contribution >= 4 is 17.0 Å². The van der Waals surface area contributed by atoms with Gasteiger partial charge in [-0.2, -0.15) is 5.10 Å². The zero-order chi connectivity index (χ0) is 17.9. The van der Waals surface area contributed by atoms with Crippen molar-refractivity contribution in [2.24, 2.45) is 0 Å². The van der Waals surface area contributed by atoms with Crippen molar-refractivity contribution in [2.45, 2.75) is 13.5 Å². The Morgan fingerprint density at radius 3 is 2.42 bits per heavy atom. The molecule has 6 nitrogen and oxygen atoms in total. The third kappa shape index (κ3) is 3.17. The maximum atomic E-state index is 12.3. The Balaban J connectivity index is 1.49. The van der Waals surface area contributed by atoms with Crippen molar-refractivity contribution in [3.8, 4) is 5.69 Å². The summed E-state index contributed by atoms with van der Waals surface area (Å²) in [5.74, 6) is -0.492. The number of esters is 1. The topological polar surface area (TPSA) is 69.9 Å². The summed E-state index contributed by atoms with van der Waals surface area (Å²) in [6.45, 7) is 1.91. The second-order valence-electron chi connectivity index (χ2n) is 5.80. The highest BCUT2D eigenvalue weighted by molar-refractivity contribution is 5.87. The quantitative estimate of drug-likeness (QED) is 0.530. The monoisotopic (exact) mass is 344 g/mol. The molecule has 4 aromatic rings. The van der Waals surface area contributed by atoms with Crippen LogP contribution >= 0.6 is 0 Å². The number of aromatic nitrogens is 4. The number of carbonyl (C=O) groups is 1. The molecule has 0 radical (unpaired) electrons. The molecule has 0 aliphatic rings. The van der Waals surface area contributed by atoms with Gasteiger partial charge >= 0.3 is 5.97 Å². The summed E-state index contributed by atoms with van der Waals surface area (Å²) in [6, 6.07) is 18.8. The zero-order valence-corrected chi connectivity index (χ0v) is 14.2. The van der Waals surface area contributed by atoms with Crippen molar-refractivity contribution in [2.75, 3.05) is 0 Å². The molecule has 26 heavy (non-hydrogen) atoms. The summed E-state index contributed by atoms with van der Waals surface area (Å²) in [5, 5.41) is 4.27. The fourth-order valence-corrected chi connectivity index (χ4v) is 2.63. The van der Waals surface area contributed by atoms with Gasteiger partial charge in [-0.1, -0.05) is 30.3 Å². The molecule has 0 saturated heterocycles. The van der Waals surface area contributed by atoms with E-state index in [9.17, 15) is 4.79 Å². The van der Waals surface area contributed by atoms with E-state index in [1.165, 1.54) is 0 Å². The minimum absolute atomic E-state index is 0.0562. The van der Waals surface area contributed by atoms with Crippen molar-refractivity contribution in [1.82, 2.24) is 19.7 Å². The third-order valence-corrected chi connectivity index (χ3v) is 4.00. The van der Waals surface area contributed by atoms with Gasteiger partial charge in [0.05, 0.1) is 28.1 Å². The summed E-state index contributed by atoms with van der Waals surface area (Å²) in [5.41, 5.74) is 4.10. The van der Waals surface area contributed by atoms with E-state index in [2.05, 4.69) is 15.1 Å². The number of para-hydroxylation sites is 3. The van der Waals surface area contributed by atoms with Crippen LogP contribution in [0, 0.1) is 6.92 Å². The van der Waals surface area contributed by atoms with Crippen LogP contribution in [-0.2, 0) is 11.3 Å². The van der Waals surface area contributed by atoms with Gasteiger partial charge in [-0.05, 0) is 37.3 Å². The lowest BCUT2D eigenvalue weighted by Gasteiger charge is -2.07. The van der Waals surface area contributed by atoms with Gasteiger partial charge in [0.15, 0.2) is 5.69 Å². The van der Waals surface area contributed by atoms with Crippen LogP contribution in [0.1, 0.15) is 21.9 Å². The van der Waals surface area contributed by atoms with Crippen LogP contribution < -0.4 is 0 Å². The Morgan fingerprint density at radius 1 is 0.962 bits per heavy atom. The molecule has 0 bridgehead atoms. The lowest BCUT2D eigenvalue weighted by Crippen LogP contribution is -2.09. The van der Waals surface area contributed by atoms with Gasteiger partial charge in [-0.3, -0.25) is 0 Å². The molecule has 0 N–H and O–H groups in total. The number of rotatable bonds is 4. The molecular formula is C20H16N4O2. The van der Waals surface area contributed by atoms with Crippen molar-refractivity contribution in [1.29, 1.82) is 0 Å². The molecule has 4 rings (SSSR count). The normalized spacial score (nSPS) is 10.8.